The first-order valence-corrected chi connectivity index (χ1v) is 13.9. The van der Waals surface area contributed by atoms with E-state index < -0.39 is 8.07 Å². The highest BCUT2D eigenvalue weighted by atomic mass is 28.3. The third-order valence-electron chi connectivity index (χ3n) is 7.56. The van der Waals surface area contributed by atoms with Crippen molar-refractivity contribution >= 4 is 50.4 Å². The Morgan fingerprint density at radius 2 is 1.00 bits per heavy atom. The van der Waals surface area contributed by atoms with E-state index in [-0.39, 0.29) is 0 Å². The van der Waals surface area contributed by atoms with Crippen LogP contribution in [0.2, 0.25) is 0 Å². The van der Waals surface area contributed by atoms with E-state index in [0.717, 1.165) is 0 Å². The van der Waals surface area contributed by atoms with Crippen LogP contribution < -0.4 is 20.7 Å². The fourth-order valence-electron chi connectivity index (χ4n) is 6.00. The summed E-state index contributed by atoms with van der Waals surface area (Å²) in [6.45, 7) is 2.18. The molecule has 34 heavy (non-hydrogen) atoms. The van der Waals surface area contributed by atoms with Crippen molar-refractivity contribution in [3.8, 4) is 11.1 Å². The molecule has 1 atom stereocenters. The third-order valence-corrected chi connectivity index (χ3v) is 12.4. The molecule has 0 saturated heterocycles. The number of rotatable bonds is 2. The van der Waals surface area contributed by atoms with Gasteiger partial charge in [-0.3, -0.25) is 0 Å². The van der Waals surface area contributed by atoms with Gasteiger partial charge in [-0.25, -0.2) is 0 Å². The molecule has 6 aromatic carbocycles. The lowest BCUT2D eigenvalue weighted by Crippen LogP contribution is -2.72. The Labute approximate surface area is 201 Å². The van der Waals surface area contributed by atoms with E-state index in [0.29, 0.717) is 0 Å². The second-order valence-electron chi connectivity index (χ2n) is 9.47. The van der Waals surface area contributed by atoms with Crippen LogP contribution in [0, 0.1) is 6.92 Å². The Balaban J connectivity index is 1.65. The molecular weight excluding hydrogens is 424 g/mol. The molecule has 1 heteroatoms. The predicted octanol–water partition coefficient (Wildman–Crippen LogP) is 5.66. The third kappa shape index (κ3) is 2.65. The van der Waals surface area contributed by atoms with Crippen molar-refractivity contribution < 1.29 is 0 Å². The Bertz CT molecular complexity index is 1700. The Morgan fingerprint density at radius 1 is 0.412 bits per heavy atom. The SMILES string of the molecule is Cc1ccc([Si]2(c3ccccc3)c3ccccc3-c3cc4cc5ccccc5cc4cc32)cc1. The molecule has 1 aliphatic rings. The van der Waals surface area contributed by atoms with Crippen LogP contribution in [-0.2, 0) is 0 Å². The van der Waals surface area contributed by atoms with Crippen LogP contribution in [0.4, 0.5) is 0 Å². The van der Waals surface area contributed by atoms with Gasteiger partial charge in [-0.15, -0.1) is 0 Å². The second-order valence-corrected chi connectivity index (χ2v) is 13.2. The highest BCUT2D eigenvalue weighted by molar-refractivity contribution is 7.22. The minimum absolute atomic E-state index is 1.30. The summed E-state index contributed by atoms with van der Waals surface area (Å²) in [7, 11) is -2.43. The van der Waals surface area contributed by atoms with Gasteiger partial charge in [0.2, 0.25) is 0 Å². The molecule has 6 aromatic rings. The Hall–Kier alpha value is -3.94. The van der Waals surface area contributed by atoms with Crippen molar-refractivity contribution in [2.24, 2.45) is 0 Å². The smallest absolute Gasteiger partial charge is 0.0623 e. The zero-order chi connectivity index (χ0) is 22.7. The number of fused-ring (bicyclic) bond motifs is 5. The highest BCUT2D eigenvalue weighted by Gasteiger charge is 2.48. The van der Waals surface area contributed by atoms with Gasteiger partial charge in [0.25, 0.3) is 0 Å². The summed E-state index contributed by atoms with van der Waals surface area (Å²) in [5.74, 6) is 0. The zero-order valence-electron chi connectivity index (χ0n) is 19.1. The van der Waals surface area contributed by atoms with Crippen molar-refractivity contribution in [2.45, 2.75) is 6.92 Å². The highest BCUT2D eigenvalue weighted by Crippen LogP contribution is 2.33. The maximum atomic E-state index is 2.51. The monoisotopic (exact) mass is 448 g/mol. The summed E-state index contributed by atoms with van der Waals surface area (Å²) in [6.07, 6.45) is 0. The molecule has 0 amide bonds. The van der Waals surface area contributed by atoms with Gasteiger partial charge >= 0.3 is 0 Å². The molecule has 0 aromatic heterocycles. The van der Waals surface area contributed by atoms with E-state index in [4.69, 9.17) is 0 Å². The van der Waals surface area contributed by atoms with Crippen molar-refractivity contribution in [3.63, 3.8) is 0 Å². The quantitative estimate of drug-likeness (QED) is 0.236. The average molecular weight is 449 g/mol. The van der Waals surface area contributed by atoms with Crippen molar-refractivity contribution in [3.05, 3.63) is 133 Å². The molecule has 0 N–H and O–H groups in total. The van der Waals surface area contributed by atoms with Gasteiger partial charge in [-0.05, 0) is 78.5 Å². The molecule has 0 fully saturated rings. The first-order chi connectivity index (χ1) is 16.7. The lowest BCUT2D eigenvalue weighted by Gasteiger charge is -2.31. The first-order valence-electron chi connectivity index (χ1n) is 11.9. The molecule has 160 valence electrons. The number of benzene rings is 6. The van der Waals surface area contributed by atoms with Gasteiger partial charge in [-0.1, -0.05) is 115 Å². The molecule has 0 bridgehead atoms. The van der Waals surface area contributed by atoms with E-state index in [9.17, 15) is 0 Å². The van der Waals surface area contributed by atoms with Gasteiger partial charge in [-0.2, -0.15) is 0 Å². The topological polar surface area (TPSA) is 0 Å². The molecule has 0 saturated carbocycles. The fraction of sp³-hybridized carbons (Fsp3) is 0.0303. The predicted molar refractivity (Wildman–Crippen MR) is 149 cm³/mol. The molecule has 7 rings (SSSR count). The van der Waals surface area contributed by atoms with Crippen molar-refractivity contribution in [1.82, 2.24) is 0 Å². The van der Waals surface area contributed by atoms with Crippen LogP contribution >= 0.6 is 0 Å². The summed E-state index contributed by atoms with van der Waals surface area (Å²) in [5, 5.41) is 11.1. The largest absolute Gasteiger partial charge is 0.180 e. The summed E-state index contributed by atoms with van der Waals surface area (Å²) >= 11 is 0. The summed E-state index contributed by atoms with van der Waals surface area (Å²) in [5.41, 5.74) is 4.09. The van der Waals surface area contributed by atoms with Crippen molar-refractivity contribution in [2.75, 3.05) is 0 Å². The van der Waals surface area contributed by atoms with Crippen LogP contribution in [0.25, 0.3) is 32.7 Å². The lowest BCUT2D eigenvalue weighted by molar-refractivity contribution is 1.49. The molecule has 0 aliphatic carbocycles. The van der Waals surface area contributed by atoms with E-state index in [1.165, 1.54) is 59.0 Å². The zero-order valence-corrected chi connectivity index (χ0v) is 20.1. The van der Waals surface area contributed by atoms with Gasteiger partial charge in [0.1, 0.15) is 0 Å². The van der Waals surface area contributed by atoms with Gasteiger partial charge in [0.15, 0.2) is 8.07 Å². The summed E-state index contributed by atoms with van der Waals surface area (Å²) < 4.78 is 0. The maximum Gasteiger partial charge on any atom is 0.180 e. The minimum Gasteiger partial charge on any atom is -0.0623 e. The van der Waals surface area contributed by atoms with Crippen LogP contribution in [0.15, 0.2) is 127 Å². The maximum absolute atomic E-state index is 2.51. The molecule has 0 nitrogen and oxygen atoms in total. The molecule has 0 radical (unpaired) electrons. The normalized spacial score (nSPS) is 16.5. The minimum atomic E-state index is -2.43. The summed E-state index contributed by atoms with van der Waals surface area (Å²) in [4.78, 5) is 0. The van der Waals surface area contributed by atoms with Crippen molar-refractivity contribution in [1.29, 1.82) is 0 Å². The molecule has 0 spiro atoms. The average Bonchev–Trinajstić information content (AvgIpc) is 3.17. The van der Waals surface area contributed by atoms with E-state index in [2.05, 4.69) is 134 Å². The first kappa shape index (κ1) is 19.5. The van der Waals surface area contributed by atoms with Crippen LogP contribution in [-0.4, -0.2) is 8.07 Å². The van der Waals surface area contributed by atoms with E-state index >= 15 is 0 Å². The van der Waals surface area contributed by atoms with Crippen LogP contribution in [0.1, 0.15) is 5.56 Å². The molecular formula is C33H24Si. The summed E-state index contributed by atoms with van der Waals surface area (Å²) in [6, 6.07) is 48.0. The van der Waals surface area contributed by atoms with Gasteiger partial charge in [0, 0.05) is 0 Å². The van der Waals surface area contributed by atoms with Crippen LogP contribution in [0.5, 0.6) is 0 Å². The number of aryl methyl sites for hydroxylation is 1. The van der Waals surface area contributed by atoms with E-state index in [1.54, 1.807) is 0 Å². The number of hydrogen-bond acceptors (Lipinski definition) is 0. The van der Waals surface area contributed by atoms with Gasteiger partial charge < -0.3 is 0 Å². The van der Waals surface area contributed by atoms with Gasteiger partial charge in [0.05, 0.1) is 0 Å². The fourth-order valence-corrected chi connectivity index (χ4v) is 11.2. The second kappa shape index (κ2) is 7.28. The lowest BCUT2D eigenvalue weighted by atomic mass is 9.99. The van der Waals surface area contributed by atoms with Crippen LogP contribution in [0.3, 0.4) is 0 Å². The number of hydrogen-bond donors (Lipinski definition) is 0. The molecule has 1 aliphatic heterocycles. The van der Waals surface area contributed by atoms with E-state index in [1.807, 2.05) is 0 Å². The standard InChI is InChI=1S/C33H24Si/c1-23-15-17-29(18-16-23)34(28-11-3-2-4-12-28)32-14-8-7-13-30(32)31-21-26-19-24-9-5-6-10-25(24)20-27(26)22-33(31)34/h2-22H,1H3. The molecule has 1 unspecified atom stereocenters. The Kier molecular flexibility index (Phi) is 4.18. The Morgan fingerprint density at radius 3 is 1.74 bits per heavy atom. The molecule has 1 heterocycles.